The molecule has 0 aromatic carbocycles. The third-order valence-corrected chi connectivity index (χ3v) is 1.79. The molecule has 4 heteroatoms. The van der Waals surface area contributed by atoms with Crippen molar-refractivity contribution in [1.82, 2.24) is 0 Å². The van der Waals surface area contributed by atoms with Crippen LogP contribution in [0.4, 0.5) is 0 Å². The lowest BCUT2D eigenvalue weighted by Crippen LogP contribution is -2.00. The second kappa shape index (κ2) is 3.33. The van der Waals surface area contributed by atoms with E-state index in [1.807, 2.05) is 0 Å². The molecule has 2 heterocycles. The van der Waals surface area contributed by atoms with Gasteiger partial charge < -0.3 is 8.83 Å². The first-order chi connectivity index (χ1) is 6.83. The molecular formula is C10H5O4. The Balaban J connectivity index is 2.41. The molecule has 0 aliphatic heterocycles. The van der Waals surface area contributed by atoms with Crippen LogP contribution in [0.25, 0.3) is 0 Å². The van der Waals surface area contributed by atoms with E-state index in [1.54, 1.807) is 6.29 Å². The first-order valence-electron chi connectivity index (χ1n) is 3.85. The fraction of sp³-hybridized carbons (Fsp3) is 0. The summed E-state index contributed by atoms with van der Waals surface area (Å²) in [6.45, 7) is 0. The summed E-state index contributed by atoms with van der Waals surface area (Å²) < 4.78 is 9.52. The van der Waals surface area contributed by atoms with Gasteiger partial charge in [-0.3, -0.25) is 9.59 Å². The van der Waals surface area contributed by atoms with Gasteiger partial charge in [-0.1, -0.05) is 0 Å². The predicted molar refractivity (Wildman–Crippen MR) is 45.6 cm³/mol. The molecule has 0 aliphatic carbocycles. The maximum atomic E-state index is 11.6. The lowest BCUT2D eigenvalue weighted by molar-refractivity contribution is 0.103. The first-order valence-corrected chi connectivity index (χ1v) is 3.85. The van der Waals surface area contributed by atoms with E-state index in [0.717, 1.165) is 0 Å². The Kier molecular flexibility index (Phi) is 2.02. The molecule has 1 radical (unpaired) electrons. The highest BCUT2D eigenvalue weighted by molar-refractivity contribution is 6.11. The standard InChI is InChI=1S/C10H5O4/c11-5-9-8(2-4-14-9)10(12)7-1-3-13-6-7/h1-4,6H. The van der Waals surface area contributed by atoms with Gasteiger partial charge in [-0.05, 0) is 12.1 Å². The lowest BCUT2D eigenvalue weighted by atomic mass is 10.1. The second-order valence-electron chi connectivity index (χ2n) is 2.61. The molecule has 0 fully saturated rings. The Hall–Kier alpha value is -2.10. The van der Waals surface area contributed by atoms with Crippen molar-refractivity contribution >= 4 is 12.1 Å². The molecule has 0 saturated carbocycles. The SMILES string of the molecule is O=[C]c1occc1C(=O)c1ccoc1. The zero-order chi connectivity index (χ0) is 9.97. The molecule has 0 atom stereocenters. The highest BCUT2D eigenvalue weighted by Crippen LogP contribution is 2.14. The lowest BCUT2D eigenvalue weighted by Gasteiger charge is -1.91. The van der Waals surface area contributed by atoms with Gasteiger partial charge in [0.1, 0.15) is 6.26 Å². The molecule has 2 aromatic heterocycles. The van der Waals surface area contributed by atoms with Gasteiger partial charge in [0, 0.05) is 0 Å². The van der Waals surface area contributed by atoms with Crippen LogP contribution >= 0.6 is 0 Å². The summed E-state index contributed by atoms with van der Waals surface area (Å²) in [4.78, 5) is 22.0. The molecule has 0 amide bonds. The average Bonchev–Trinajstić information content (AvgIpc) is 2.87. The first kappa shape index (κ1) is 8.50. The van der Waals surface area contributed by atoms with E-state index in [4.69, 9.17) is 8.83 Å². The van der Waals surface area contributed by atoms with Crippen molar-refractivity contribution in [3.8, 4) is 0 Å². The van der Waals surface area contributed by atoms with Crippen LogP contribution in [0.2, 0.25) is 0 Å². The molecule has 2 aromatic rings. The number of hydrogen-bond donors (Lipinski definition) is 0. The number of carbonyl (C=O) groups is 1. The highest BCUT2D eigenvalue weighted by Gasteiger charge is 2.17. The Labute approximate surface area is 79.1 Å². The zero-order valence-electron chi connectivity index (χ0n) is 7.02. The normalized spacial score (nSPS) is 10.0. The van der Waals surface area contributed by atoms with Crippen molar-refractivity contribution in [2.24, 2.45) is 0 Å². The predicted octanol–water partition coefficient (Wildman–Crippen LogP) is 1.56. The number of hydrogen-bond acceptors (Lipinski definition) is 4. The van der Waals surface area contributed by atoms with Gasteiger partial charge >= 0.3 is 0 Å². The van der Waals surface area contributed by atoms with Crippen LogP contribution in [0.15, 0.2) is 39.8 Å². The summed E-state index contributed by atoms with van der Waals surface area (Å²) in [6, 6.07) is 2.94. The minimum atomic E-state index is -0.314. The van der Waals surface area contributed by atoms with Gasteiger partial charge in [-0.25, -0.2) is 0 Å². The fourth-order valence-electron chi connectivity index (χ4n) is 1.12. The topological polar surface area (TPSA) is 60.4 Å². The second-order valence-corrected chi connectivity index (χ2v) is 2.61. The maximum absolute atomic E-state index is 11.6. The summed E-state index contributed by atoms with van der Waals surface area (Å²) in [5.41, 5.74) is 0.573. The number of rotatable bonds is 3. The molecule has 0 bridgehead atoms. The van der Waals surface area contributed by atoms with Crippen molar-refractivity contribution in [2.75, 3.05) is 0 Å². The average molecular weight is 189 g/mol. The van der Waals surface area contributed by atoms with Crippen molar-refractivity contribution in [3.05, 3.63) is 47.8 Å². The number of carbonyl (C=O) groups excluding carboxylic acids is 2. The quantitative estimate of drug-likeness (QED) is 0.687. The van der Waals surface area contributed by atoms with Crippen molar-refractivity contribution in [1.29, 1.82) is 0 Å². The number of furan rings is 2. The van der Waals surface area contributed by atoms with Gasteiger partial charge in [-0.2, -0.15) is 0 Å². The van der Waals surface area contributed by atoms with Crippen LogP contribution in [0.1, 0.15) is 21.7 Å². The van der Waals surface area contributed by atoms with Crippen LogP contribution < -0.4 is 0 Å². The minimum Gasteiger partial charge on any atom is -0.472 e. The Bertz CT molecular complexity index is 450. The molecular weight excluding hydrogens is 184 g/mol. The van der Waals surface area contributed by atoms with E-state index >= 15 is 0 Å². The van der Waals surface area contributed by atoms with E-state index in [2.05, 4.69) is 0 Å². The molecule has 14 heavy (non-hydrogen) atoms. The Morgan fingerprint density at radius 1 is 1.29 bits per heavy atom. The van der Waals surface area contributed by atoms with E-state index in [9.17, 15) is 9.59 Å². The smallest absolute Gasteiger partial charge is 0.272 e. The molecule has 0 N–H and O–H groups in total. The van der Waals surface area contributed by atoms with Gasteiger partial charge in [0.25, 0.3) is 6.29 Å². The van der Waals surface area contributed by atoms with E-state index in [1.165, 1.54) is 30.9 Å². The zero-order valence-corrected chi connectivity index (χ0v) is 7.02. The number of ketones is 1. The van der Waals surface area contributed by atoms with Crippen LogP contribution in [0.3, 0.4) is 0 Å². The van der Waals surface area contributed by atoms with Crippen LogP contribution in [0.5, 0.6) is 0 Å². The van der Waals surface area contributed by atoms with Crippen LogP contribution in [-0.2, 0) is 4.79 Å². The van der Waals surface area contributed by atoms with Crippen molar-refractivity contribution in [3.63, 3.8) is 0 Å². The molecule has 0 unspecified atom stereocenters. The largest absolute Gasteiger partial charge is 0.472 e. The third kappa shape index (κ3) is 1.26. The Morgan fingerprint density at radius 2 is 2.14 bits per heavy atom. The molecule has 0 spiro atoms. The highest BCUT2D eigenvalue weighted by atomic mass is 16.3. The summed E-state index contributed by atoms with van der Waals surface area (Å²) in [5.74, 6) is -0.401. The molecule has 0 aliphatic rings. The Morgan fingerprint density at radius 3 is 2.79 bits per heavy atom. The molecule has 2 rings (SSSR count). The van der Waals surface area contributed by atoms with Gasteiger partial charge in [0.05, 0.1) is 23.7 Å². The van der Waals surface area contributed by atoms with E-state index < -0.39 is 0 Å². The summed E-state index contributed by atoms with van der Waals surface area (Å²) in [5, 5.41) is 0. The van der Waals surface area contributed by atoms with Gasteiger partial charge in [0.15, 0.2) is 11.5 Å². The van der Waals surface area contributed by atoms with Crippen molar-refractivity contribution in [2.45, 2.75) is 0 Å². The summed E-state index contributed by atoms with van der Waals surface area (Å²) in [6.07, 6.45) is 5.52. The van der Waals surface area contributed by atoms with Crippen LogP contribution in [0, 0.1) is 0 Å². The molecule has 69 valence electrons. The maximum Gasteiger partial charge on any atom is 0.272 e. The molecule has 4 nitrogen and oxygen atoms in total. The van der Waals surface area contributed by atoms with E-state index in [0.29, 0.717) is 5.56 Å². The summed E-state index contributed by atoms with van der Waals surface area (Å²) >= 11 is 0. The van der Waals surface area contributed by atoms with Crippen molar-refractivity contribution < 1.29 is 18.4 Å². The van der Waals surface area contributed by atoms with Crippen LogP contribution in [-0.4, -0.2) is 12.1 Å². The monoisotopic (exact) mass is 189 g/mol. The van der Waals surface area contributed by atoms with Gasteiger partial charge in [-0.15, -0.1) is 0 Å². The minimum absolute atomic E-state index is 0.0869. The summed E-state index contributed by atoms with van der Waals surface area (Å²) in [7, 11) is 0. The third-order valence-electron chi connectivity index (χ3n) is 1.79. The van der Waals surface area contributed by atoms with E-state index in [-0.39, 0.29) is 17.1 Å². The fourth-order valence-corrected chi connectivity index (χ4v) is 1.12. The van der Waals surface area contributed by atoms with Gasteiger partial charge in [0.2, 0.25) is 0 Å². The molecule has 0 saturated heterocycles.